The molecule has 0 unspecified atom stereocenters. The number of benzene rings is 1. The van der Waals surface area contributed by atoms with Gasteiger partial charge in [0.25, 0.3) is 0 Å². The molecule has 3 aromatic heterocycles. The average molecular weight is 436 g/mol. The quantitative estimate of drug-likeness (QED) is 0.504. The molecule has 1 aromatic carbocycles. The van der Waals surface area contributed by atoms with Gasteiger partial charge in [0.2, 0.25) is 15.8 Å². The third-order valence-electron chi connectivity index (χ3n) is 5.26. The highest BCUT2D eigenvalue weighted by atomic mass is 32.2. The number of pyridine rings is 2. The van der Waals surface area contributed by atoms with E-state index in [0.717, 1.165) is 12.0 Å². The second-order valence-electron chi connectivity index (χ2n) is 7.40. The van der Waals surface area contributed by atoms with Crippen LogP contribution in [0.4, 0.5) is 5.82 Å². The summed E-state index contributed by atoms with van der Waals surface area (Å²) >= 11 is 0. The van der Waals surface area contributed by atoms with Crippen LogP contribution in [-0.2, 0) is 16.4 Å². The fourth-order valence-corrected chi connectivity index (χ4v) is 5.35. The van der Waals surface area contributed by atoms with Crippen LogP contribution in [0.1, 0.15) is 24.2 Å². The van der Waals surface area contributed by atoms with E-state index in [2.05, 4.69) is 25.1 Å². The van der Waals surface area contributed by atoms with Gasteiger partial charge in [-0.05, 0) is 30.5 Å². The number of rotatable bonds is 4. The molecule has 0 aliphatic carbocycles. The van der Waals surface area contributed by atoms with Gasteiger partial charge < -0.3 is 5.11 Å². The number of aromatic hydroxyl groups is 1. The standard InChI is InChI=1S/C21H20N6O3S/c28-19-17-15(9-6-10-22-17)21(27-11-4-5-12-31(27,29)30)24-18(19)20-23-16(25-26-20)13-14-7-2-1-3-8-14/h1-3,6-10,28H,4-5,11-13H2,(H,23,25,26). The zero-order valence-electron chi connectivity index (χ0n) is 16.6. The zero-order valence-corrected chi connectivity index (χ0v) is 17.4. The van der Waals surface area contributed by atoms with Crippen molar-refractivity contribution in [2.45, 2.75) is 19.3 Å². The third-order valence-corrected chi connectivity index (χ3v) is 7.09. The summed E-state index contributed by atoms with van der Waals surface area (Å²) < 4.78 is 26.8. The van der Waals surface area contributed by atoms with E-state index in [0.29, 0.717) is 30.6 Å². The van der Waals surface area contributed by atoms with Gasteiger partial charge in [-0.1, -0.05) is 30.3 Å². The lowest BCUT2D eigenvalue weighted by molar-refractivity contribution is 0.479. The van der Waals surface area contributed by atoms with Crippen molar-refractivity contribution in [2.24, 2.45) is 0 Å². The molecule has 0 amide bonds. The third kappa shape index (κ3) is 3.59. The Labute approximate surface area is 178 Å². The monoisotopic (exact) mass is 436 g/mol. The second kappa shape index (κ2) is 7.62. The molecule has 0 spiro atoms. The highest BCUT2D eigenvalue weighted by Gasteiger charge is 2.30. The number of anilines is 1. The number of nitrogens with zero attached hydrogens (tertiary/aromatic N) is 5. The van der Waals surface area contributed by atoms with E-state index in [9.17, 15) is 13.5 Å². The van der Waals surface area contributed by atoms with Gasteiger partial charge in [0.1, 0.15) is 11.3 Å². The van der Waals surface area contributed by atoms with Crippen molar-refractivity contribution < 1.29 is 13.5 Å². The first-order valence-corrected chi connectivity index (χ1v) is 11.6. The second-order valence-corrected chi connectivity index (χ2v) is 9.41. The number of hydrogen-bond acceptors (Lipinski definition) is 7. The van der Waals surface area contributed by atoms with Crippen molar-refractivity contribution in [1.82, 2.24) is 25.1 Å². The van der Waals surface area contributed by atoms with E-state index < -0.39 is 10.0 Å². The Morgan fingerprint density at radius 1 is 1.06 bits per heavy atom. The maximum Gasteiger partial charge on any atom is 0.236 e. The van der Waals surface area contributed by atoms with Crippen molar-refractivity contribution in [1.29, 1.82) is 0 Å². The average Bonchev–Trinajstić information content (AvgIpc) is 3.23. The van der Waals surface area contributed by atoms with Crippen LogP contribution in [0.2, 0.25) is 0 Å². The summed E-state index contributed by atoms with van der Waals surface area (Å²) in [5.74, 6) is 0.917. The highest BCUT2D eigenvalue weighted by Crippen LogP contribution is 2.38. The Morgan fingerprint density at radius 3 is 2.71 bits per heavy atom. The molecule has 0 saturated carbocycles. The summed E-state index contributed by atoms with van der Waals surface area (Å²) in [5.41, 5.74) is 1.41. The first kappa shape index (κ1) is 19.4. The van der Waals surface area contributed by atoms with Crippen LogP contribution in [0.15, 0.2) is 48.7 Å². The largest absolute Gasteiger partial charge is 0.504 e. The molecule has 1 fully saturated rings. The predicted molar refractivity (Wildman–Crippen MR) is 116 cm³/mol. The van der Waals surface area contributed by atoms with Crippen LogP contribution < -0.4 is 4.31 Å². The van der Waals surface area contributed by atoms with Gasteiger partial charge in [0, 0.05) is 24.5 Å². The number of sulfonamides is 1. The van der Waals surface area contributed by atoms with Crippen LogP contribution in [0.25, 0.3) is 22.4 Å². The number of nitrogens with one attached hydrogen (secondary N) is 1. The molecule has 158 valence electrons. The topological polar surface area (TPSA) is 125 Å². The van der Waals surface area contributed by atoms with Gasteiger partial charge in [-0.25, -0.2) is 18.4 Å². The lowest BCUT2D eigenvalue weighted by Crippen LogP contribution is -2.38. The fourth-order valence-electron chi connectivity index (χ4n) is 3.75. The molecular weight excluding hydrogens is 416 g/mol. The van der Waals surface area contributed by atoms with Gasteiger partial charge in [0.05, 0.1) is 5.75 Å². The molecule has 10 heteroatoms. The SMILES string of the molecule is O=S1(=O)CCCCN1c1nc(-c2n[nH]c(Cc3ccccc3)n2)c(O)c2ncccc12. The minimum atomic E-state index is -3.50. The molecule has 31 heavy (non-hydrogen) atoms. The van der Waals surface area contributed by atoms with Crippen LogP contribution in [0, 0.1) is 0 Å². The molecule has 1 aliphatic rings. The smallest absolute Gasteiger partial charge is 0.236 e. The molecule has 2 N–H and O–H groups in total. The maximum absolute atomic E-state index is 12.7. The van der Waals surface area contributed by atoms with Gasteiger partial charge in [-0.15, -0.1) is 0 Å². The summed E-state index contributed by atoms with van der Waals surface area (Å²) in [6.45, 7) is 0.330. The van der Waals surface area contributed by atoms with Crippen LogP contribution in [-0.4, -0.2) is 51.0 Å². The normalized spacial score (nSPS) is 15.9. The van der Waals surface area contributed by atoms with E-state index in [1.54, 1.807) is 18.3 Å². The van der Waals surface area contributed by atoms with E-state index >= 15 is 0 Å². The van der Waals surface area contributed by atoms with E-state index in [4.69, 9.17) is 0 Å². The number of fused-ring (bicyclic) bond motifs is 1. The maximum atomic E-state index is 12.7. The lowest BCUT2D eigenvalue weighted by Gasteiger charge is -2.28. The molecule has 0 bridgehead atoms. The Balaban J connectivity index is 1.62. The summed E-state index contributed by atoms with van der Waals surface area (Å²) in [4.78, 5) is 13.3. The lowest BCUT2D eigenvalue weighted by atomic mass is 10.1. The Hall–Kier alpha value is -3.53. The molecule has 4 heterocycles. The van der Waals surface area contributed by atoms with E-state index in [1.807, 2.05) is 30.3 Å². The molecule has 9 nitrogen and oxygen atoms in total. The Bertz CT molecular complexity index is 1350. The summed E-state index contributed by atoms with van der Waals surface area (Å²) in [7, 11) is -3.50. The molecule has 1 aliphatic heterocycles. The molecule has 0 radical (unpaired) electrons. The van der Waals surface area contributed by atoms with Crippen LogP contribution in [0.5, 0.6) is 5.75 Å². The van der Waals surface area contributed by atoms with Gasteiger partial charge in [-0.3, -0.25) is 14.4 Å². The van der Waals surface area contributed by atoms with Crippen molar-refractivity contribution in [3.05, 3.63) is 60.0 Å². The minimum Gasteiger partial charge on any atom is -0.504 e. The molecule has 0 atom stereocenters. The van der Waals surface area contributed by atoms with Crippen molar-refractivity contribution in [3.8, 4) is 17.3 Å². The minimum absolute atomic E-state index is 0.0640. The number of hydrogen-bond donors (Lipinski definition) is 2. The van der Waals surface area contributed by atoms with Crippen molar-refractivity contribution in [2.75, 3.05) is 16.6 Å². The van der Waals surface area contributed by atoms with Crippen LogP contribution in [0.3, 0.4) is 0 Å². The molecule has 1 saturated heterocycles. The van der Waals surface area contributed by atoms with Crippen molar-refractivity contribution >= 4 is 26.7 Å². The Kier molecular flexibility index (Phi) is 4.78. The number of aromatic amines is 1. The molecular formula is C21H20N6O3S. The fraction of sp³-hybridized carbons (Fsp3) is 0.238. The number of H-pyrrole nitrogens is 1. The summed E-state index contributed by atoms with van der Waals surface area (Å²) in [6, 6.07) is 13.2. The summed E-state index contributed by atoms with van der Waals surface area (Å²) in [6.07, 6.45) is 3.43. The van der Waals surface area contributed by atoms with E-state index in [-0.39, 0.29) is 34.4 Å². The first-order valence-electron chi connectivity index (χ1n) is 9.96. The number of aromatic nitrogens is 5. The van der Waals surface area contributed by atoms with Crippen molar-refractivity contribution in [3.63, 3.8) is 0 Å². The van der Waals surface area contributed by atoms with Crippen LogP contribution >= 0.6 is 0 Å². The van der Waals surface area contributed by atoms with E-state index in [1.165, 1.54) is 4.31 Å². The van der Waals surface area contributed by atoms with Gasteiger partial charge in [0.15, 0.2) is 17.3 Å². The van der Waals surface area contributed by atoms with Gasteiger partial charge >= 0.3 is 0 Å². The predicted octanol–water partition coefficient (Wildman–Crippen LogP) is 2.64. The molecule has 5 rings (SSSR count). The zero-order chi connectivity index (χ0) is 21.4. The highest BCUT2D eigenvalue weighted by molar-refractivity contribution is 7.92. The summed E-state index contributed by atoms with van der Waals surface area (Å²) in [5, 5.41) is 18.4. The molecule has 4 aromatic rings. The first-order chi connectivity index (χ1) is 15.0. The van der Waals surface area contributed by atoms with Gasteiger partial charge in [-0.2, -0.15) is 5.10 Å². The Morgan fingerprint density at radius 2 is 1.90 bits per heavy atom.